The van der Waals surface area contributed by atoms with Gasteiger partial charge >= 0.3 is 0 Å². The molecule has 3 aromatic rings. The standard InChI is InChI=1S/C26H29FN4O3S/c1-19-7-13-22(14-8-19)35(33,34)30-16-4-15-29(17-18-30)26(32)25-23-5-2-3-6-24(23)31(28-25)21-11-9-20(27)10-12-21/h7-14H,2-6,15-18H2,1H3. The number of hydrogen-bond donors (Lipinski definition) is 0. The third-order valence-corrected chi connectivity index (χ3v) is 8.77. The molecule has 7 nitrogen and oxygen atoms in total. The SMILES string of the molecule is Cc1ccc(S(=O)(=O)N2CCCN(C(=O)c3nn(-c4ccc(F)cc4)c4c3CCCC4)CC2)cc1. The van der Waals surface area contributed by atoms with Crippen LogP contribution in [0.4, 0.5) is 4.39 Å². The minimum Gasteiger partial charge on any atom is -0.336 e. The molecule has 2 aromatic carbocycles. The van der Waals surface area contributed by atoms with Crippen LogP contribution in [0.5, 0.6) is 0 Å². The van der Waals surface area contributed by atoms with Gasteiger partial charge in [-0.2, -0.15) is 9.40 Å². The monoisotopic (exact) mass is 496 g/mol. The highest BCUT2D eigenvalue weighted by molar-refractivity contribution is 7.89. The minimum atomic E-state index is -3.62. The molecule has 1 fully saturated rings. The second kappa shape index (κ2) is 9.54. The van der Waals surface area contributed by atoms with E-state index in [4.69, 9.17) is 5.10 Å². The molecule has 35 heavy (non-hydrogen) atoms. The largest absolute Gasteiger partial charge is 0.336 e. The van der Waals surface area contributed by atoms with Crippen molar-refractivity contribution in [2.45, 2.75) is 43.9 Å². The summed E-state index contributed by atoms with van der Waals surface area (Å²) in [6, 6.07) is 13.0. The van der Waals surface area contributed by atoms with Crippen LogP contribution in [0.25, 0.3) is 5.69 Å². The summed E-state index contributed by atoms with van der Waals surface area (Å²) in [5.74, 6) is -0.487. The first-order valence-corrected chi connectivity index (χ1v) is 13.5. The van der Waals surface area contributed by atoms with E-state index in [0.29, 0.717) is 31.7 Å². The number of aryl methyl sites for hydroxylation is 1. The van der Waals surface area contributed by atoms with Crippen LogP contribution < -0.4 is 0 Å². The Morgan fingerprint density at radius 1 is 0.886 bits per heavy atom. The molecule has 0 radical (unpaired) electrons. The molecule has 0 unspecified atom stereocenters. The Balaban J connectivity index is 1.38. The molecule has 1 aliphatic heterocycles. The van der Waals surface area contributed by atoms with Gasteiger partial charge in [-0.1, -0.05) is 17.7 Å². The summed E-state index contributed by atoms with van der Waals surface area (Å²) in [5, 5.41) is 4.69. The summed E-state index contributed by atoms with van der Waals surface area (Å²) in [4.78, 5) is 15.6. The molecule has 5 rings (SSSR count). The summed E-state index contributed by atoms with van der Waals surface area (Å²) in [6.45, 7) is 3.30. The third-order valence-electron chi connectivity index (χ3n) is 6.85. The summed E-state index contributed by atoms with van der Waals surface area (Å²) < 4.78 is 43.0. The quantitative estimate of drug-likeness (QED) is 0.552. The highest BCUT2D eigenvalue weighted by Crippen LogP contribution is 2.28. The van der Waals surface area contributed by atoms with Crippen molar-refractivity contribution in [1.29, 1.82) is 0 Å². The van der Waals surface area contributed by atoms with Crippen LogP contribution in [0.3, 0.4) is 0 Å². The number of nitrogens with zero attached hydrogens (tertiary/aromatic N) is 4. The van der Waals surface area contributed by atoms with Gasteiger partial charge in [0.2, 0.25) is 10.0 Å². The normalized spacial score (nSPS) is 17.1. The van der Waals surface area contributed by atoms with E-state index in [-0.39, 0.29) is 23.2 Å². The highest BCUT2D eigenvalue weighted by Gasteiger charge is 2.32. The molecule has 1 amide bonds. The molecule has 2 aliphatic rings. The Bertz CT molecular complexity index is 1330. The average Bonchev–Trinajstić information content (AvgIpc) is 3.05. The van der Waals surface area contributed by atoms with Crippen LogP contribution in [-0.4, -0.2) is 59.5 Å². The average molecular weight is 497 g/mol. The van der Waals surface area contributed by atoms with Crippen molar-refractivity contribution in [3.05, 3.63) is 76.9 Å². The number of halogens is 1. The van der Waals surface area contributed by atoms with Gasteiger partial charge in [0.25, 0.3) is 5.91 Å². The lowest BCUT2D eigenvalue weighted by atomic mass is 9.95. The van der Waals surface area contributed by atoms with Gasteiger partial charge in [-0.15, -0.1) is 0 Å². The van der Waals surface area contributed by atoms with Crippen molar-refractivity contribution < 1.29 is 17.6 Å². The van der Waals surface area contributed by atoms with E-state index in [9.17, 15) is 17.6 Å². The minimum absolute atomic E-state index is 0.168. The Kier molecular flexibility index (Phi) is 6.46. The second-order valence-corrected chi connectivity index (χ2v) is 11.2. The fraction of sp³-hybridized carbons (Fsp3) is 0.385. The van der Waals surface area contributed by atoms with E-state index in [1.807, 2.05) is 6.92 Å². The molecule has 184 valence electrons. The Morgan fingerprint density at radius 3 is 2.34 bits per heavy atom. The first kappa shape index (κ1) is 23.7. The molecular weight excluding hydrogens is 467 g/mol. The molecular formula is C26H29FN4O3S. The number of amides is 1. The van der Waals surface area contributed by atoms with Gasteiger partial charge in [0, 0.05) is 37.4 Å². The van der Waals surface area contributed by atoms with Crippen LogP contribution in [0.1, 0.15) is 46.6 Å². The van der Waals surface area contributed by atoms with Crippen LogP contribution in [0.15, 0.2) is 53.4 Å². The van der Waals surface area contributed by atoms with Crippen molar-refractivity contribution in [2.24, 2.45) is 0 Å². The topological polar surface area (TPSA) is 75.5 Å². The maximum absolute atomic E-state index is 13.6. The predicted molar refractivity (Wildman–Crippen MR) is 131 cm³/mol. The van der Waals surface area contributed by atoms with Crippen molar-refractivity contribution in [1.82, 2.24) is 19.0 Å². The summed E-state index contributed by atoms with van der Waals surface area (Å²) in [7, 11) is -3.62. The van der Waals surface area contributed by atoms with Crippen molar-refractivity contribution in [2.75, 3.05) is 26.2 Å². The van der Waals surface area contributed by atoms with Crippen LogP contribution >= 0.6 is 0 Å². The molecule has 0 bridgehead atoms. The summed E-state index contributed by atoms with van der Waals surface area (Å²) in [6.07, 6.45) is 4.15. The predicted octanol–water partition coefficient (Wildman–Crippen LogP) is 3.74. The van der Waals surface area contributed by atoms with Crippen molar-refractivity contribution in [3.8, 4) is 5.69 Å². The van der Waals surface area contributed by atoms with Gasteiger partial charge in [-0.25, -0.2) is 17.5 Å². The second-order valence-electron chi connectivity index (χ2n) is 9.23. The summed E-state index contributed by atoms with van der Waals surface area (Å²) in [5.41, 5.74) is 4.12. The molecule has 0 saturated carbocycles. The number of rotatable bonds is 4. The smallest absolute Gasteiger partial charge is 0.274 e. The lowest BCUT2D eigenvalue weighted by Gasteiger charge is -2.22. The molecule has 9 heteroatoms. The first-order valence-electron chi connectivity index (χ1n) is 12.1. The van der Waals surface area contributed by atoms with E-state index in [2.05, 4.69) is 0 Å². The van der Waals surface area contributed by atoms with Crippen molar-refractivity contribution >= 4 is 15.9 Å². The number of sulfonamides is 1. The molecule has 0 spiro atoms. The molecule has 0 N–H and O–H groups in total. The van der Waals surface area contributed by atoms with Gasteiger partial charge in [-0.3, -0.25) is 4.79 Å². The Hall–Kier alpha value is -3.04. The molecule has 2 heterocycles. The van der Waals surface area contributed by atoms with E-state index in [1.54, 1.807) is 46.0 Å². The zero-order valence-corrected chi connectivity index (χ0v) is 20.6. The Morgan fingerprint density at radius 2 is 1.60 bits per heavy atom. The van der Waals surface area contributed by atoms with Gasteiger partial charge < -0.3 is 4.90 Å². The zero-order valence-electron chi connectivity index (χ0n) is 19.8. The van der Waals surface area contributed by atoms with Gasteiger partial charge in [0.05, 0.1) is 10.6 Å². The maximum atomic E-state index is 13.6. The molecule has 1 saturated heterocycles. The van der Waals surface area contributed by atoms with Crippen LogP contribution in [-0.2, 0) is 22.9 Å². The van der Waals surface area contributed by atoms with Gasteiger partial charge in [0.1, 0.15) is 5.82 Å². The van der Waals surface area contributed by atoms with E-state index >= 15 is 0 Å². The van der Waals surface area contributed by atoms with Gasteiger partial charge in [0.15, 0.2) is 5.69 Å². The number of fused-ring (bicyclic) bond motifs is 1. The third kappa shape index (κ3) is 4.62. The first-order chi connectivity index (χ1) is 16.8. The van der Waals surface area contributed by atoms with Crippen molar-refractivity contribution in [3.63, 3.8) is 0 Å². The van der Waals surface area contributed by atoms with E-state index < -0.39 is 10.0 Å². The lowest BCUT2D eigenvalue weighted by Crippen LogP contribution is -2.37. The number of aromatic nitrogens is 2. The van der Waals surface area contributed by atoms with Crippen LogP contribution in [0, 0.1) is 12.7 Å². The molecule has 1 aliphatic carbocycles. The molecule has 1 aromatic heterocycles. The highest BCUT2D eigenvalue weighted by atomic mass is 32.2. The number of carbonyl (C=O) groups is 1. The number of hydrogen-bond acceptors (Lipinski definition) is 4. The zero-order chi connectivity index (χ0) is 24.6. The van der Waals surface area contributed by atoms with Gasteiger partial charge in [-0.05, 0) is 75.4 Å². The van der Waals surface area contributed by atoms with Crippen LogP contribution in [0.2, 0.25) is 0 Å². The number of carbonyl (C=O) groups excluding carboxylic acids is 1. The fourth-order valence-electron chi connectivity index (χ4n) is 4.91. The van der Waals surface area contributed by atoms with E-state index in [1.165, 1.54) is 16.4 Å². The Labute approximate surface area is 205 Å². The fourth-order valence-corrected chi connectivity index (χ4v) is 6.38. The summed E-state index contributed by atoms with van der Waals surface area (Å²) >= 11 is 0. The lowest BCUT2D eigenvalue weighted by molar-refractivity contribution is 0.0756. The number of benzene rings is 2. The molecule has 0 atom stereocenters. The van der Waals surface area contributed by atoms with E-state index in [0.717, 1.165) is 48.2 Å². The maximum Gasteiger partial charge on any atom is 0.274 e.